The second-order valence-corrected chi connectivity index (χ2v) is 3.88. The molecule has 16 heavy (non-hydrogen) atoms. The zero-order valence-electron chi connectivity index (χ0n) is 8.03. The first-order valence-corrected chi connectivity index (χ1v) is 5.40. The van der Waals surface area contributed by atoms with Crippen LogP contribution in [0.5, 0.6) is 0 Å². The lowest BCUT2D eigenvalue weighted by atomic mass is 10.1. The summed E-state index contributed by atoms with van der Waals surface area (Å²) >= 11 is 10.1. The normalized spacial score (nSPS) is 10.6. The fraction of sp³-hybridized carbons (Fsp3) is 0.0909. The lowest BCUT2D eigenvalue weighted by molar-refractivity contribution is 0.108. The van der Waals surface area contributed by atoms with E-state index in [1.54, 1.807) is 18.2 Å². The van der Waals surface area contributed by atoms with Gasteiger partial charge in [-0.1, -0.05) is 6.07 Å². The summed E-state index contributed by atoms with van der Waals surface area (Å²) in [4.78, 5) is 22.3. The Hall–Kier alpha value is -1.39. The van der Waals surface area contributed by atoms with Crippen molar-refractivity contribution in [2.24, 2.45) is 0 Å². The van der Waals surface area contributed by atoms with Gasteiger partial charge in [0.05, 0.1) is 5.56 Å². The number of carbonyl (C=O) groups excluding carboxylic acids is 1. The standard InChI is InChI=1S/C11H7ClO3S/c12-5-6-1-2-9-7(3-6)4-8(11(14)16)10(13)15-9/h1-4H,5H2,(H,14,16)/p-1. The van der Waals surface area contributed by atoms with Gasteiger partial charge in [0.1, 0.15) is 5.58 Å². The van der Waals surface area contributed by atoms with Gasteiger partial charge in [-0.3, -0.25) is 0 Å². The topological polar surface area (TPSA) is 47.3 Å². The van der Waals surface area contributed by atoms with Gasteiger partial charge in [-0.2, -0.15) is 0 Å². The van der Waals surface area contributed by atoms with Crippen molar-refractivity contribution in [1.29, 1.82) is 0 Å². The average Bonchev–Trinajstić information content (AvgIpc) is 2.27. The quantitative estimate of drug-likeness (QED) is 0.468. The molecule has 5 heteroatoms. The van der Waals surface area contributed by atoms with Crippen LogP contribution in [-0.2, 0) is 18.5 Å². The van der Waals surface area contributed by atoms with Gasteiger partial charge in [0, 0.05) is 16.4 Å². The van der Waals surface area contributed by atoms with Gasteiger partial charge in [0.25, 0.3) is 0 Å². The van der Waals surface area contributed by atoms with Crippen molar-refractivity contribution in [3.8, 4) is 0 Å². The molecule has 0 aliphatic carbocycles. The number of alkyl halides is 1. The number of hydrogen-bond donors (Lipinski definition) is 0. The number of carbonyl (C=O) groups is 1. The summed E-state index contributed by atoms with van der Waals surface area (Å²) in [6, 6.07) is 6.60. The molecule has 82 valence electrons. The van der Waals surface area contributed by atoms with Crippen LogP contribution >= 0.6 is 11.6 Å². The number of rotatable bonds is 2. The highest BCUT2D eigenvalue weighted by molar-refractivity contribution is 7.77. The maximum Gasteiger partial charge on any atom is 0.345 e. The molecule has 0 spiro atoms. The van der Waals surface area contributed by atoms with Gasteiger partial charge in [0.15, 0.2) is 0 Å². The SMILES string of the molecule is O=C([S-])c1cc2cc(CCl)ccc2oc1=O. The molecular weight excluding hydrogens is 248 g/mol. The predicted molar refractivity (Wildman–Crippen MR) is 63.7 cm³/mol. The third kappa shape index (κ3) is 1.94. The smallest absolute Gasteiger partial charge is 0.345 e. The second kappa shape index (κ2) is 4.23. The van der Waals surface area contributed by atoms with E-state index >= 15 is 0 Å². The summed E-state index contributed by atoms with van der Waals surface area (Å²) in [6.07, 6.45) is 0. The zero-order valence-corrected chi connectivity index (χ0v) is 9.60. The van der Waals surface area contributed by atoms with Crippen LogP contribution in [-0.4, -0.2) is 5.12 Å². The Morgan fingerprint density at radius 1 is 1.38 bits per heavy atom. The first-order valence-electron chi connectivity index (χ1n) is 4.46. The molecule has 0 unspecified atom stereocenters. The minimum Gasteiger partial charge on any atom is -0.737 e. The van der Waals surface area contributed by atoms with Gasteiger partial charge < -0.3 is 21.8 Å². The highest BCUT2D eigenvalue weighted by atomic mass is 35.5. The van der Waals surface area contributed by atoms with Crippen LogP contribution in [0.1, 0.15) is 15.9 Å². The predicted octanol–water partition coefficient (Wildman–Crippen LogP) is 2.22. The Balaban J connectivity index is 2.75. The molecule has 2 rings (SSSR count). The van der Waals surface area contributed by atoms with E-state index in [1.807, 2.05) is 0 Å². The van der Waals surface area contributed by atoms with Crippen LogP contribution in [0.25, 0.3) is 11.0 Å². The molecule has 0 atom stereocenters. The number of fused-ring (bicyclic) bond motifs is 1. The van der Waals surface area contributed by atoms with Crippen molar-refractivity contribution >= 4 is 40.3 Å². The van der Waals surface area contributed by atoms with Crippen LogP contribution in [0.3, 0.4) is 0 Å². The van der Waals surface area contributed by atoms with Crippen molar-refractivity contribution in [3.05, 3.63) is 45.8 Å². The third-order valence-electron chi connectivity index (χ3n) is 2.17. The van der Waals surface area contributed by atoms with Gasteiger partial charge in [-0.05, 0) is 23.8 Å². The molecule has 0 aliphatic heterocycles. The Morgan fingerprint density at radius 3 is 2.75 bits per heavy atom. The maximum absolute atomic E-state index is 11.3. The molecule has 0 fully saturated rings. The summed E-state index contributed by atoms with van der Waals surface area (Å²) in [5.74, 6) is 0.353. The summed E-state index contributed by atoms with van der Waals surface area (Å²) in [6.45, 7) is 0. The molecule has 0 saturated heterocycles. The second-order valence-electron chi connectivity index (χ2n) is 3.24. The molecule has 1 heterocycles. The van der Waals surface area contributed by atoms with Crippen molar-refractivity contribution in [2.45, 2.75) is 5.88 Å². The summed E-state index contributed by atoms with van der Waals surface area (Å²) in [5, 5.41) is -0.0714. The number of halogens is 1. The van der Waals surface area contributed by atoms with Crippen LogP contribution in [0.2, 0.25) is 0 Å². The van der Waals surface area contributed by atoms with Crippen molar-refractivity contribution < 1.29 is 9.21 Å². The Kier molecular flexibility index (Phi) is 2.94. The van der Waals surface area contributed by atoms with Gasteiger partial charge >= 0.3 is 5.63 Å². The van der Waals surface area contributed by atoms with E-state index in [1.165, 1.54) is 6.07 Å². The van der Waals surface area contributed by atoms with E-state index in [0.29, 0.717) is 16.8 Å². The monoisotopic (exact) mass is 253 g/mol. The molecule has 0 radical (unpaired) electrons. The van der Waals surface area contributed by atoms with Crippen molar-refractivity contribution in [3.63, 3.8) is 0 Å². The average molecular weight is 254 g/mol. The van der Waals surface area contributed by atoms with Crippen molar-refractivity contribution in [2.75, 3.05) is 0 Å². The van der Waals surface area contributed by atoms with Gasteiger partial charge in [-0.25, -0.2) is 4.79 Å². The molecule has 1 aromatic heterocycles. The van der Waals surface area contributed by atoms with E-state index < -0.39 is 10.7 Å². The fourth-order valence-corrected chi connectivity index (χ4v) is 1.71. The van der Waals surface area contributed by atoms with E-state index in [0.717, 1.165) is 5.56 Å². The fourth-order valence-electron chi connectivity index (χ4n) is 1.40. The van der Waals surface area contributed by atoms with E-state index in [9.17, 15) is 9.59 Å². The molecule has 1 aromatic carbocycles. The molecule has 2 aromatic rings. The molecule has 0 amide bonds. The Morgan fingerprint density at radius 2 is 2.12 bits per heavy atom. The van der Waals surface area contributed by atoms with Crippen LogP contribution in [0.15, 0.2) is 33.5 Å². The highest BCUT2D eigenvalue weighted by Crippen LogP contribution is 2.17. The highest BCUT2D eigenvalue weighted by Gasteiger charge is 2.05. The Labute approximate surface area is 101 Å². The van der Waals surface area contributed by atoms with Crippen LogP contribution in [0, 0.1) is 0 Å². The maximum atomic E-state index is 11.3. The molecular formula is C11H6ClO3S-. The zero-order chi connectivity index (χ0) is 11.7. The van der Waals surface area contributed by atoms with Crippen molar-refractivity contribution in [1.82, 2.24) is 0 Å². The molecule has 0 saturated carbocycles. The molecule has 0 aliphatic rings. The van der Waals surface area contributed by atoms with Crippen LogP contribution < -0.4 is 5.63 Å². The van der Waals surface area contributed by atoms with E-state index in [2.05, 4.69) is 12.6 Å². The largest absolute Gasteiger partial charge is 0.737 e. The summed E-state index contributed by atoms with van der Waals surface area (Å²) in [5.41, 5.74) is 0.477. The van der Waals surface area contributed by atoms with E-state index in [4.69, 9.17) is 16.0 Å². The minimum absolute atomic E-state index is 0.116. The number of benzene rings is 1. The molecule has 3 nitrogen and oxygen atoms in total. The first-order chi connectivity index (χ1) is 7.61. The molecule has 0 bridgehead atoms. The third-order valence-corrected chi connectivity index (χ3v) is 2.70. The minimum atomic E-state index is -0.716. The Bertz CT molecular complexity index is 618. The molecule has 0 N–H and O–H groups in total. The van der Waals surface area contributed by atoms with E-state index in [-0.39, 0.29) is 5.56 Å². The number of hydrogen-bond acceptors (Lipinski definition) is 4. The summed E-state index contributed by atoms with van der Waals surface area (Å²) in [7, 11) is 0. The lowest BCUT2D eigenvalue weighted by Gasteiger charge is -2.04. The van der Waals surface area contributed by atoms with Gasteiger partial charge in [0.2, 0.25) is 0 Å². The summed E-state index contributed by atoms with van der Waals surface area (Å²) < 4.78 is 4.97. The lowest BCUT2D eigenvalue weighted by Crippen LogP contribution is -2.11. The first kappa shape index (κ1) is 11.1. The van der Waals surface area contributed by atoms with Crippen LogP contribution in [0.4, 0.5) is 0 Å². The van der Waals surface area contributed by atoms with Gasteiger partial charge in [-0.15, -0.1) is 11.6 Å².